The van der Waals surface area contributed by atoms with E-state index in [2.05, 4.69) is 5.32 Å². The molecular formula is C6H10F3N2. The lowest BCUT2D eigenvalue weighted by Gasteiger charge is -2.26. The van der Waals surface area contributed by atoms with Gasteiger partial charge in [0.2, 0.25) is 0 Å². The van der Waals surface area contributed by atoms with Crippen LogP contribution in [0, 0.1) is 0 Å². The zero-order valence-corrected chi connectivity index (χ0v) is 6.06. The third-order valence-electron chi connectivity index (χ3n) is 1.55. The largest absolute Gasteiger partial charge is 0.401 e. The first-order chi connectivity index (χ1) is 5.08. The SMILES string of the molecule is FC(F)(F)CN1CC[N]CC1. The molecule has 0 bridgehead atoms. The highest BCUT2D eigenvalue weighted by molar-refractivity contribution is 4.69. The van der Waals surface area contributed by atoms with Gasteiger partial charge in [-0.2, -0.15) is 13.2 Å². The molecule has 1 aliphatic heterocycles. The van der Waals surface area contributed by atoms with Crippen molar-refractivity contribution in [2.45, 2.75) is 6.18 Å². The van der Waals surface area contributed by atoms with Crippen molar-refractivity contribution in [3.8, 4) is 0 Å². The van der Waals surface area contributed by atoms with Crippen LogP contribution in [0.4, 0.5) is 13.2 Å². The molecular weight excluding hydrogens is 157 g/mol. The van der Waals surface area contributed by atoms with Gasteiger partial charge in [-0.05, 0) is 0 Å². The maximum atomic E-state index is 11.8. The van der Waals surface area contributed by atoms with Gasteiger partial charge in [0.15, 0.2) is 0 Å². The standard InChI is InChI=1S/C6H10F3N2/c7-6(8,9)5-11-3-1-10-2-4-11/h1-5H2. The molecule has 0 unspecified atom stereocenters. The Bertz CT molecular complexity index is 117. The summed E-state index contributed by atoms with van der Waals surface area (Å²) in [7, 11) is 0. The summed E-state index contributed by atoms with van der Waals surface area (Å²) >= 11 is 0. The highest BCUT2D eigenvalue weighted by atomic mass is 19.4. The molecule has 0 N–H and O–H groups in total. The Morgan fingerprint density at radius 3 is 2.18 bits per heavy atom. The van der Waals surface area contributed by atoms with Crippen LogP contribution in [-0.4, -0.2) is 43.8 Å². The first-order valence-electron chi connectivity index (χ1n) is 3.50. The van der Waals surface area contributed by atoms with Crippen molar-refractivity contribution in [1.82, 2.24) is 10.2 Å². The molecule has 65 valence electrons. The number of hydrogen-bond donors (Lipinski definition) is 0. The van der Waals surface area contributed by atoms with Crippen LogP contribution < -0.4 is 5.32 Å². The van der Waals surface area contributed by atoms with E-state index in [0.29, 0.717) is 26.2 Å². The zero-order chi connectivity index (χ0) is 8.32. The van der Waals surface area contributed by atoms with E-state index in [0.717, 1.165) is 0 Å². The summed E-state index contributed by atoms with van der Waals surface area (Å²) in [6, 6.07) is 0. The second-order valence-corrected chi connectivity index (χ2v) is 2.56. The Balaban J connectivity index is 2.24. The highest BCUT2D eigenvalue weighted by Crippen LogP contribution is 2.16. The molecule has 0 atom stereocenters. The normalized spacial score (nSPS) is 22.1. The molecule has 1 aliphatic rings. The van der Waals surface area contributed by atoms with Gasteiger partial charge in [-0.3, -0.25) is 4.90 Å². The zero-order valence-electron chi connectivity index (χ0n) is 6.06. The van der Waals surface area contributed by atoms with E-state index in [4.69, 9.17) is 0 Å². The highest BCUT2D eigenvalue weighted by Gasteiger charge is 2.30. The Morgan fingerprint density at radius 2 is 1.73 bits per heavy atom. The van der Waals surface area contributed by atoms with Gasteiger partial charge in [0.25, 0.3) is 0 Å². The van der Waals surface area contributed by atoms with Gasteiger partial charge in [0, 0.05) is 26.2 Å². The Labute approximate surface area is 63.4 Å². The number of halogens is 3. The van der Waals surface area contributed by atoms with E-state index in [1.807, 2.05) is 0 Å². The smallest absolute Gasteiger partial charge is 0.292 e. The molecule has 0 spiro atoms. The van der Waals surface area contributed by atoms with Crippen molar-refractivity contribution >= 4 is 0 Å². The van der Waals surface area contributed by atoms with Crippen LogP contribution in [0.15, 0.2) is 0 Å². The summed E-state index contributed by atoms with van der Waals surface area (Å²) in [6.07, 6.45) is -4.06. The Hall–Kier alpha value is -0.290. The molecule has 1 saturated heterocycles. The molecule has 5 heteroatoms. The van der Waals surface area contributed by atoms with Gasteiger partial charge in [0.05, 0.1) is 6.54 Å². The van der Waals surface area contributed by atoms with Crippen molar-refractivity contribution in [3.05, 3.63) is 0 Å². The first kappa shape index (κ1) is 8.80. The molecule has 0 saturated carbocycles. The minimum absolute atomic E-state index is 0.444. The predicted octanol–water partition coefficient (Wildman–Crippen LogP) is 0.469. The van der Waals surface area contributed by atoms with Crippen molar-refractivity contribution < 1.29 is 13.2 Å². The maximum absolute atomic E-state index is 11.8. The number of piperazine rings is 1. The van der Waals surface area contributed by atoms with Crippen LogP contribution in [0.25, 0.3) is 0 Å². The summed E-state index contributed by atoms with van der Waals surface area (Å²) in [5.41, 5.74) is 0. The van der Waals surface area contributed by atoms with Gasteiger partial charge in [0.1, 0.15) is 0 Å². The lowest BCUT2D eigenvalue weighted by molar-refractivity contribution is -0.146. The van der Waals surface area contributed by atoms with Crippen LogP contribution in [-0.2, 0) is 0 Å². The lowest BCUT2D eigenvalue weighted by atomic mass is 10.3. The van der Waals surface area contributed by atoms with E-state index in [-0.39, 0.29) is 0 Å². The van der Waals surface area contributed by atoms with Crippen LogP contribution in [0.3, 0.4) is 0 Å². The second kappa shape index (κ2) is 3.40. The van der Waals surface area contributed by atoms with E-state index in [1.165, 1.54) is 4.90 Å². The molecule has 0 aromatic heterocycles. The minimum Gasteiger partial charge on any atom is -0.292 e. The minimum atomic E-state index is -4.06. The van der Waals surface area contributed by atoms with Crippen LogP contribution >= 0.6 is 0 Å². The number of rotatable bonds is 1. The molecule has 1 radical (unpaired) electrons. The van der Waals surface area contributed by atoms with E-state index in [9.17, 15) is 13.2 Å². The molecule has 0 aliphatic carbocycles. The van der Waals surface area contributed by atoms with Gasteiger partial charge in [-0.1, -0.05) is 0 Å². The summed E-state index contributed by atoms with van der Waals surface area (Å²) in [4.78, 5) is 1.38. The lowest BCUT2D eigenvalue weighted by Crippen LogP contribution is -2.44. The van der Waals surface area contributed by atoms with E-state index < -0.39 is 12.7 Å². The topological polar surface area (TPSA) is 17.3 Å². The van der Waals surface area contributed by atoms with Crippen LogP contribution in [0.1, 0.15) is 0 Å². The molecule has 0 aromatic carbocycles. The van der Waals surface area contributed by atoms with Gasteiger partial charge in [-0.15, -0.1) is 0 Å². The molecule has 1 rings (SSSR count). The fourth-order valence-electron chi connectivity index (χ4n) is 1.06. The molecule has 2 nitrogen and oxygen atoms in total. The molecule has 1 heterocycles. The van der Waals surface area contributed by atoms with Crippen LogP contribution in [0.2, 0.25) is 0 Å². The summed E-state index contributed by atoms with van der Waals surface area (Å²) in [6.45, 7) is 1.17. The maximum Gasteiger partial charge on any atom is 0.401 e. The first-order valence-corrected chi connectivity index (χ1v) is 3.50. The average molecular weight is 167 g/mol. The third-order valence-corrected chi connectivity index (χ3v) is 1.55. The summed E-state index contributed by atoms with van der Waals surface area (Å²) < 4.78 is 35.3. The molecule has 0 aromatic rings. The van der Waals surface area contributed by atoms with Crippen molar-refractivity contribution in [2.75, 3.05) is 32.7 Å². The van der Waals surface area contributed by atoms with Gasteiger partial charge in [-0.25, -0.2) is 5.32 Å². The third kappa shape index (κ3) is 3.57. The van der Waals surface area contributed by atoms with Crippen molar-refractivity contribution in [1.29, 1.82) is 0 Å². The number of hydrogen-bond acceptors (Lipinski definition) is 1. The fraction of sp³-hybridized carbons (Fsp3) is 1.00. The fourth-order valence-corrected chi connectivity index (χ4v) is 1.06. The monoisotopic (exact) mass is 167 g/mol. The summed E-state index contributed by atoms with van der Waals surface area (Å²) in [5.74, 6) is 0. The Morgan fingerprint density at radius 1 is 1.18 bits per heavy atom. The number of alkyl halides is 3. The molecule has 1 fully saturated rings. The van der Waals surface area contributed by atoms with E-state index >= 15 is 0 Å². The molecule has 11 heavy (non-hydrogen) atoms. The second-order valence-electron chi connectivity index (χ2n) is 2.56. The average Bonchev–Trinajstić information content (AvgIpc) is 1.85. The molecule has 0 amide bonds. The quantitative estimate of drug-likeness (QED) is 0.555. The Kier molecular flexibility index (Phi) is 2.72. The van der Waals surface area contributed by atoms with Crippen LogP contribution in [0.5, 0.6) is 0 Å². The van der Waals surface area contributed by atoms with Gasteiger partial charge < -0.3 is 0 Å². The van der Waals surface area contributed by atoms with Crippen molar-refractivity contribution in [2.24, 2.45) is 0 Å². The number of nitrogens with zero attached hydrogens (tertiary/aromatic N) is 2. The van der Waals surface area contributed by atoms with Gasteiger partial charge >= 0.3 is 6.18 Å². The van der Waals surface area contributed by atoms with E-state index in [1.54, 1.807) is 0 Å². The predicted molar refractivity (Wildman–Crippen MR) is 34.4 cm³/mol. The summed E-state index contributed by atoms with van der Waals surface area (Å²) in [5, 5.41) is 3.95. The van der Waals surface area contributed by atoms with Crippen molar-refractivity contribution in [3.63, 3.8) is 0 Å².